The van der Waals surface area contributed by atoms with Gasteiger partial charge >= 0.3 is 0 Å². The van der Waals surface area contributed by atoms with Crippen LogP contribution in [0.4, 0.5) is 0 Å². The average molecular weight is 341 g/mol. The van der Waals surface area contributed by atoms with Crippen molar-refractivity contribution in [2.75, 3.05) is 19.6 Å². The van der Waals surface area contributed by atoms with E-state index in [1.807, 2.05) is 6.92 Å². The SMILES string of the molecule is Cc1cc(Br)c(O)c(C(=O)NCC(=O)N2CCCC2)c1. The highest BCUT2D eigenvalue weighted by atomic mass is 79.9. The van der Waals surface area contributed by atoms with Crippen LogP contribution < -0.4 is 5.32 Å². The molecule has 0 radical (unpaired) electrons. The van der Waals surface area contributed by atoms with Crippen LogP contribution in [0.2, 0.25) is 0 Å². The molecule has 5 nitrogen and oxygen atoms in total. The van der Waals surface area contributed by atoms with Gasteiger partial charge in [0.15, 0.2) is 0 Å². The lowest BCUT2D eigenvalue weighted by molar-refractivity contribution is -0.129. The predicted octanol–water partition coefficient (Wildman–Crippen LogP) is 1.82. The number of phenols is 1. The quantitative estimate of drug-likeness (QED) is 0.881. The molecule has 1 aromatic rings. The van der Waals surface area contributed by atoms with Gasteiger partial charge in [0.1, 0.15) is 5.75 Å². The van der Waals surface area contributed by atoms with Gasteiger partial charge < -0.3 is 15.3 Å². The molecule has 1 saturated heterocycles. The van der Waals surface area contributed by atoms with E-state index >= 15 is 0 Å². The molecule has 1 heterocycles. The summed E-state index contributed by atoms with van der Waals surface area (Å²) in [5.74, 6) is -0.636. The molecule has 1 aliphatic heterocycles. The van der Waals surface area contributed by atoms with Crippen LogP contribution in [-0.2, 0) is 4.79 Å². The molecule has 1 aromatic carbocycles. The number of nitrogens with one attached hydrogen (secondary N) is 1. The van der Waals surface area contributed by atoms with Crippen molar-refractivity contribution in [2.24, 2.45) is 0 Å². The zero-order chi connectivity index (χ0) is 14.7. The van der Waals surface area contributed by atoms with Crippen LogP contribution in [0.5, 0.6) is 5.75 Å². The summed E-state index contributed by atoms with van der Waals surface area (Å²) in [4.78, 5) is 25.6. The number of carbonyl (C=O) groups is 2. The molecule has 2 N–H and O–H groups in total. The van der Waals surface area contributed by atoms with Gasteiger partial charge in [0.05, 0.1) is 16.6 Å². The van der Waals surface area contributed by atoms with Crippen molar-refractivity contribution in [1.29, 1.82) is 0 Å². The fraction of sp³-hybridized carbons (Fsp3) is 0.429. The maximum absolute atomic E-state index is 12.0. The molecule has 2 amide bonds. The molecule has 20 heavy (non-hydrogen) atoms. The van der Waals surface area contributed by atoms with Crippen molar-refractivity contribution in [3.05, 3.63) is 27.7 Å². The van der Waals surface area contributed by atoms with Crippen LogP contribution in [0.3, 0.4) is 0 Å². The first-order valence-corrected chi connectivity index (χ1v) is 7.33. The number of likely N-dealkylation sites (tertiary alicyclic amines) is 1. The summed E-state index contributed by atoms with van der Waals surface area (Å²) in [7, 11) is 0. The Kier molecular flexibility index (Phi) is 4.65. The highest BCUT2D eigenvalue weighted by Crippen LogP contribution is 2.29. The van der Waals surface area contributed by atoms with Gasteiger partial charge in [-0.2, -0.15) is 0 Å². The number of benzene rings is 1. The van der Waals surface area contributed by atoms with Crippen LogP contribution in [0.15, 0.2) is 16.6 Å². The lowest BCUT2D eigenvalue weighted by Gasteiger charge is -2.15. The number of rotatable bonds is 3. The minimum absolute atomic E-state index is 0.0379. The number of amides is 2. The molecule has 0 atom stereocenters. The molecule has 0 aliphatic carbocycles. The summed E-state index contributed by atoms with van der Waals surface area (Å²) in [5.41, 5.74) is 1.02. The summed E-state index contributed by atoms with van der Waals surface area (Å²) < 4.78 is 0.466. The van der Waals surface area contributed by atoms with E-state index in [1.54, 1.807) is 17.0 Å². The molecule has 0 bridgehead atoms. The topological polar surface area (TPSA) is 69.6 Å². The number of nitrogens with zero attached hydrogens (tertiary/aromatic N) is 1. The maximum atomic E-state index is 12.0. The van der Waals surface area contributed by atoms with Crippen LogP contribution in [0.1, 0.15) is 28.8 Å². The number of carbonyl (C=O) groups excluding carboxylic acids is 2. The highest BCUT2D eigenvalue weighted by molar-refractivity contribution is 9.10. The molecular formula is C14H17BrN2O3. The summed E-state index contributed by atoms with van der Waals surface area (Å²) >= 11 is 3.19. The zero-order valence-electron chi connectivity index (χ0n) is 11.3. The Labute approximate surface area is 126 Å². The number of phenolic OH excluding ortho intramolecular Hbond substituents is 1. The third-order valence-corrected chi connectivity index (χ3v) is 3.92. The molecule has 108 valence electrons. The minimum Gasteiger partial charge on any atom is -0.506 e. The first-order valence-electron chi connectivity index (χ1n) is 6.54. The molecule has 2 rings (SSSR count). The third kappa shape index (κ3) is 3.30. The Balaban J connectivity index is 2.00. The molecule has 1 fully saturated rings. The van der Waals surface area contributed by atoms with E-state index < -0.39 is 5.91 Å². The Morgan fingerprint density at radius 2 is 2.00 bits per heavy atom. The summed E-state index contributed by atoms with van der Waals surface area (Å²) in [5, 5.41) is 12.4. The second-order valence-electron chi connectivity index (χ2n) is 4.91. The van der Waals surface area contributed by atoms with E-state index in [-0.39, 0.29) is 23.8 Å². The second-order valence-corrected chi connectivity index (χ2v) is 5.77. The zero-order valence-corrected chi connectivity index (χ0v) is 12.9. The highest BCUT2D eigenvalue weighted by Gasteiger charge is 2.20. The van der Waals surface area contributed by atoms with Crippen molar-refractivity contribution >= 4 is 27.7 Å². The lowest BCUT2D eigenvalue weighted by Crippen LogP contribution is -2.38. The van der Waals surface area contributed by atoms with Crippen molar-refractivity contribution in [1.82, 2.24) is 10.2 Å². The van der Waals surface area contributed by atoms with E-state index in [2.05, 4.69) is 21.2 Å². The monoisotopic (exact) mass is 340 g/mol. The number of aryl methyl sites for hydroxylation is 1. The smallest absolute Gasteiger partial charge is 0.255 e. The second kappa shape index (κ2) is 6.26. The Morgan fingerprint density at radius 1 is 1.35 bits per heavy atom. The van der Waals surface area contributed by atoms with Crippen LogP contribution in [-0.4, -0.2) is 41.5 Å². The van der Waals surface area contributed by atoms with Crippen molar-refractivity contribution in [2.45, 2.75) is 19.8 Å². The largest absolute Gasteiger partial charge is 0.506 e. The summed E-state index contributed by atoms with van der Waals surface area (Å²) in [6, 6.07) is 3.32. The van der Waals surface area contributed by atoms with E-state index in [0.717, 1.165) is 31.5 Å². The number of aromatic hydroxyl groups is 1. The van der Waals surface area contributed by atoms with Gasteiger partial charge in [-0.3, -0.25) is 9.59 Å². The fourth-order valence-electron chi connectivity index (χ4n) is 2.24. The van der Waals surface area contributed by atoms with E-state index in [1.165, 1.54) is 0 Å². The number of hydrogen-bond donors (Lipinski definition) is 2. The van der Waals surface area contributed by atoms with Gasteiger partial charge in [-0.15, -0.1) is 0 Å². The molecule has 0 aromatic heterocycles. The Hall–Kier alpha value is -1.56. The predicted molar refractivity (Wildman–Crippen MR) is 78.7 cm³/mol. The molecule has 0 spiro atoms. The van der Waals surface area contributed by atoms with Crippen molar-refractivity contribution < 1.29 is 14.7 Å². The normalized spacial score (nSPS) is 14.4. The first kappa shape index (κ1) is 14.8. The van der Waals surface area contributed by atoms with E-state index in [9.17, 15) is 14.7 Å². The lowest BCUT2D eigenvalue weighted by atomic mass is 10.1. The molecule has 1 aliphatic rings. The van der Waals surface area contributed by atoms with Gasteiger partial charge in [0.25, 0.3) is 5.91 Å². The number of halogens is 1. The van der Waals surface area contributed by atoms with Gasteiger partial charge in [-0.25, -0.2) is 0 Å². The van der Waals surface area contributed by atoms with E-state index in [4.69, 9.17) is 0 Å². The third-order valence-electron chi connectivity index (χ3n) is 3.31. The number of hydrogen-bond acceptors (Lipinski definition) is 3. The summed E-state index contributed by atoms with van der Waals surface area (Å²) in [6.07, 6.45) is 2.04. The Bertz CT molecular complexity index is 539. The van der Waals surface area contributed by atoms with E-state index in [0.29, 0.717) is 4.47 Å². The van der Waals surface area contributed by atoms with Gasteiger partial charge in [-0.1, -0.05) is 0 Å². The van der Waals surface area contributed by atoms with Crippen LogP contribution in [0.25, 0.3) is 0 Å². The van der Waals surface area contributed by atoms with Gasteiger partial charge in [0.2, 0.25) is 5.91 Å². The minimum atomic E-state index is -0.445. The standard InChI is InChI=1S/C14H17BrN2O3/c1-9-6-10(13(19)11(15)7-9)14(20)16-8-12(18)17-4-2-3-5-17/h6-7,19H,2-5,8H2,1H3,(H,16,20). The van der Waals surface area contributed by atoms with Crippen molar-refractivity contribution in [3.63, 3.8) is 0 Å². The molecule has 0 unspecified atom stereocenters. The Morgan fingerprint density at radius 3 is 2.65 bits per heavy atom. The van der Waals surface area contributed by atoms with Gasteiger partial charge in [-0.05, 0) is 53.4 Å². The maximum Gasteiger partial charge on any atom is 0.255 e. The van der Waals surface area contributed by atoms with Crippen LogP contribution >= 0.6 is 15.9 Å². The first-order chi connectivity index (χ1) is 9.49. The van der Waals surface area contributed by atoms with Crippen LogP contribution in [0, 0.1) is 6.92 Å². The molecule has 6 heteroatoms. The average Bonchev–Trinajstić information content (AvgIpc) is 2.93. The molecular weight excluding hydrogens is 324 g/mol. The molecule has 0 saturated carbocycles. The summed E-state index contributed by atoms with van der Waals surface area (Å²) in [6.45, 7) is 3.31. The van der Waals surface area contributed by atoms with Gasteiger partial charge in [0, 0.05) is 13.1 Å². The van der Waals surface area contributed by atoms with Crippen molar-refractivity contribution in [3.8, 4) is 5.75 Å². The fourth-order valence-corrected chi connectivity index (χ4v) is 2.81.